The topological polar surface area (TPSA) is 50.5 Å². The number of hydrogen-bond donors (Lipinski definition) is 2. The van der Waals surface area contributed by atoms with E-state index in [0.717, 1.165) is 37.4 Å². The molecule has 2 atom stereocenters. The van der Waals surface area contributed by atoms with Gasteiger partial charge in [-0.15, -0.1) is 0 Å². The maximum Gasteiger partial charge on any atom is 0.119 e. The number of nitrogens with zero attached hydrogens (tertiary/aromatic N) is 1. The first kappa shape index (κ1) is 13.3. The highest BCUT2D eigenvalue weighted by Crippen LogP contribution is 2.21. The highest BCUT2D eigenvalue weighted by Gasteiger charge is 2.19. The van der Waals surface area contributed by atoms with Crippen molar-refractivity contribution in [1.29, 1.82) is 0 Å². The summed E-state index contributed by atoms with van der Waals surface area (Å²) in [5.41, 5.74) is 7.42. The maximum atomic E-state index is 6.28. The Kier molecular flexibility index (Phi) is 4.58. The van der Waals surface area contributed by atoms with Crippen LogP contribution in [0, 0.1) is 0 Å². The Bertz CT molecular complexity index is 383. The number of ether oxygens (including phenoxy) is 1. The molecule has 0 radical (unpaired) electrons. The molecule has 0 aromatic heterocycles. The van der Waals surface area contributed by atoms with Crippen molar-refractivity contribution < 1.29 is 4.74 Å². The van der Waals surface area contributed by atoms with E-state index in [1.165, 1.54) is 0 Å². The third kappa shape index (κ3) is 3.45. The van der Waals surface area contributed by atoms with Crippen LogP contribution in [0.25, 0.3) is 0 Å². The fourth-order valence-electron chi connectivity index (χ4n) is 2.46. The Morgan fingerprint density at radius 2 is 2.39 bits per heavy atom. The fraction of sp³-hybridized carbons (Fsp3) is 0.571. The van der Waals surface area contributed by atoms with E-state index in [-0.39, 0.29) is 6.04 Å². The Morgan fingerprint density at radius 1 is 1.56 bits per heavy atom. The Morgan fingerprint density at radius 3 is 3.11 bits per heavy atom. The molecule has 4 heteroatoms. The average Bonchev–Trinajstić information content (AvgIpc) is 2.39. The zero-order valence-corrected chi connectivity index (χ0v) is 11.2. The smallest absolute Gasteiger partial charge is 0.119 e. The lowest BCUT2D eigenvalue weighted by atomic mass is 9.99. The van der Waals surface area contributed by atoms with Crippen LogP contribution in [0.15, 0.2) is 24.3 Å². The number of benzene rings is 1. The van der Waals surface area contributed by atoms with E-state index in [0.29, 0.717) is 6.04 Å². The van der Waals surface area contributed by atoms with Crippen molar-refractivity contribution in [2.45, 2.75) is 18.5 Å². The van der Waals surface area contributed by atoms with Gasteiger partial charge in [0.2, 0.25) is 0 Å². The lowest BCUT2D eigenvalue weighted by Crippen LogP contribution is -2.49. The van der Waals surface area contributed by atoms with Crippen molar-refractivity contribution >= 4 is 0 Å². The minimum Gasteiger partial charge on any atom is -0.497 e. The number of hydrogen-bond acceptors (Lipinski definition) is 4. The van der Waals surface area contributed by atoms with E-state index >= 15 is 0 Å². The number of methoxy groups -OCH3 is 1. The average molecular weight is 249 g/mol. The van der Waals surface area contributed by atoms with Gasteiger partial charge in [-0.3, -0.25) is 0 Å². The third-order valence-corrected chi connectivity index (χ3v) is 3.52. The first-order valence-electron chi connectivity index (χ1n) is 6.50. The van der Waals surface area contributed by atoms with Gasteiger partial charge in [0.15, 0.2) is 0 Å². The van der Waals surface area contributed by atoms with Crippen molar-refractivity contribution in [3.8, 4) is 5.75 Å². The quantitative estimate of drug-likeness (QED) is 0.835. The van der Waals surface area contributed by atoms with E-state index in [9.17, 15) is 0 Å². The molecule has 2 unspecified atom stereocenters. The van der Waals surface area contributed by atoms with Crippen LogP contribution in [0.5, 0.6) is 5.75 Å². The first-order chi connectivity index (χ1) is 8.69. The molecule has 0 bridgehead atoms. The molecular weight excluding hydrogens is 226 g/mol. The predicted octanol–water partition coefficient (Wildman–Crippen LogP) is 0.989. The standard InChI is InChI=1S/C14H23N3O/c1-17-7-6-16-12(10-17)9-14(15)11-4-3-5-13(8-11)18-2/h3-5,8,12,14,16H,6-7,9-10,15H2,1-2H3. The molecule has 1 fully saturated rings. The highest BCUT2D eigenvalue weighted by molar-refractivity contribution is 5.30. The molecule has 1 aromatic rings. The molecule has 1 aliphatic rings. The molecule has 0 amide bonds. The lowest BCUT2D eigenvalue weighted by molar-refractivity contribution is 0.225. The van der Waals surface area contributed by atoms with Gasteiger partial charge in [-0.1, -0.05) is 12.1 Å². The van der Waals surface area contributed by atoms with Crippen LogP contribution >= 0.6 is 0 Å². The summed E-state index contributed by atoms with van der Waals surface area (Å²) < 4.78 is 5.23. The second-order valence-electron chi connectivity index (χ2n) is 5.03. The monoisotopic (exact) mass is 249 g/mol. The fourth-order valence-corrected chi connectivity index (χ4v) is 2.46. The van der Waals surface area contributed by atoms with Gasteiger partial charge in [-0.2, -0.15) is 0 Å². The van der Waals surface area contributed by atoms with Crippen molar-refractivity contribution in [1.82, 2.24) is 10.2 Å². The Hall–Kier alpha value is -1.10. The summed E-state index contributed by atoms with van der Waals surface area (Å²) in [6.07, 6.45) is 0.956. The molecular formula is C14H23N3O. The Balaban J connectivity index is 1.95. The number of rotatable bonds is 4. The molecule has 1 saturated heterocycles. The maximum absolute atomic E-state index is 6.28. The normalized spacial score (nSPS) is 22.7. The van der Waals surface area contributed by atoms with Crippen LogP contribution in [0.3, 0.4) is 0 Å². The summed E-state index contributed by atoms with van der Waals surface area (Å²) in [5.74, 6) is 0.872. The van der Waals surface area contributed by atoms with Crippen LogP contribution in [0.2, 0.25) is 0 Å². The molecule has 0 aliphatic carbocycles. The van der Waals surface area contributed by atoms with Crippen molar-refractivity contribution in [3.05, 3.63) is 29.8 Å². The summed E-state index contributed by atoms with van der Waals surface area (Å²) in [4.78, 5) is 2.35. The first-order valence-corrected chi connectivity index (χ1v) is 6.50. The zero-order chi connectivity index (χ0) is 13.0. The lowest BCUT2D eigenvalue weighted by Gasteiger charge is -2.32. The molecule has 1 heterocycles. The van der Waals surface area contributed by atoms with E-state index in [2.05, 4.69) is 23.3 Å². The molecule has 2 rings (SSSR count). The second kappa shape index (κ2) is 6.18. The van der Waals surface area contributed by atoms with Crippen molar-refractivity contribution in [2.75, 3.05) is 33.8 Å². The number of piperazine rings is 1. The largest absolute Gasteiger partial charge is 0.497 e. The number of likely N-dealkylation sites (N-methyl/N-ethyl adjacent to an activating group) is 1. The van der Waals surface area contributed by atoms with E-state index in [1.54, 1.807) is 7.11 Å². The van der Waals surface area contributed by atoms with Crippen LogP contribution in [0.4, 0.5) is 0 Å². The minimum atomic E-state index is 0.0594. The van der Waals surface area contributed by atoms with Gasteiger partial charge < -0.3 is 20.7 Å². The number of nitrogens with two attached hydrogens (primary N) is 1. The summed E-state index contributed by atoms with van der Waals surface area (Å²) in [6.45, 7) is 3.23. The molecule has 1 aliphatic heterocycles. The summed E-state index contributed by atoms with van der Waals surface area (Å²) >= 11 is 0. The molecule has 0 saturated carbocycles. The summed E-state index contributed by atoms with van der Waals surface area (Å²) in [6, 6.07) is 8.57. The van der Waals surface area contributed by atoms with Crippen LogP contribution in [-0.2, 0) is 0 Å². The molecule has 0 spiro atoms. The van der Waals surface area contributed by atoms with Gasteiger partial charge in [-0.25, -0.2) is 0 Å². The van der Waals surface area contributed by atoms with Crippen molar-refractivity contribution in [3.63, 3.8) is 0 Å². The van der Waals surface area contributed by atoms with Gasteiger partial charge in [0.25, 0.3) is 0 Å². The van der Waals surface area contributed by atoms with E-state index in [1.807, 2.05) is 18.2 Å². The molecule has 4 nitrogen and oxygen atoms in total. The zero-order valence-electron chi connectivity index (χ0n) is 11.2. The van der Waals surface area contributed by atoms with Gasteiger partial charge in [0.1, 0.15) is 5.75 Å². The summed E-state index contributed by atoms with van der Waals surface area (Å²) in [5, 5.41) is 3.53. The highest BCUT2D eigenvalue weighted by atomic mass is 16.5. The predicted molar refractivity (Wildman–Crippen MR) is 73.8 cm³/mol. The third-order valence-electron chi connectivity index (χ3n) is 3.52. The van der Waals surface area contributed by atoms with Gasteiger partial charge in [0, 0.05) is 31.7 Å². The second-order valence-corrected chi connectivity index (χ2v) is 5.03. The van der Waals surface area contributed by atoms with Crippen LogP contribution in [-0.4, -0.2) is 44.7 Å². The van der Waals surface area contributed by atoms with Gasteiger partial charge in [-0.05, 0) is 31.2 Å². The molecule has 3 N–H and O–H groups in total. The summed E-state index contributed by atoms with van der Waals surface area (Å²) in [7, 11) is 3.84. The molecule has 1 aromatic carbocycles. The Labute approximate surface area is 109 Å². The van der Waals surface area contributed by atoms with Crippen LogP contribution < -0.4 is 15.8 Å². The van der Waals surface area contributed by atoms with E-state index < -0.39 is 0 Å². The van der Waals surface area contributed by atoms with E-state index in [4.69, 9.17) is 10.5 Å². The minimum absolute atomic E-state index is 0.0594. The number of nitrogens with one attached hydrogen (secondary N) is 1. The molecule has 100 valence electrons. The van der Waals surface area contributed by atoms with Gasteiger partial charge in [0.05, 0.1) is 7.11 Å². The van der Waals surface area contributed by atoms with Gasteiger partial charge >= 0.3 is 0 Å². The van der Waals surface area contributed by atoms with Crippen LogP contribution in [0.1, 0.15) is 18.0 Å². The van der Waals surface area contributed by atoms with Crippen molar-refractivity contribution in [2.24, 2.45) is 5.73 Å². The molecule has 18 heavy (non-hydrogen) atoms. The SMILES string of the molecule is COc1cccc(C(N)CC2CN(C)CCN2)c1.